The SMILES string of the molecule is O=C(Nc1cccc2c1C(=O)N(c1ccccc1)C2=O)C(c1ccccc1)c1ccccc1. The van der Waals surface area contributed by atoms with E-state index in [-0.39, 0.29) is 17.0 Å². The number of amides is 3. The van der Waals surface area contributed by atoms with Crippen molar-refractivity contribution in [3.63, 3.8) is 0 Å². The summed E-state index contributed by atoms with van der Waals surface area (Å²) < 4.78 is 0. The van der Waals surface area contributed by atoms with Crippen LogP contribution >= 0.6 is 0 Å². The van der Waals surface area contributed by atoms with E-state index in [1.54, 1.807) is 42.5 Å². The zero-order chi connectivity index (χ0) is 22.8. The van der Waals surface area contributed by atoms with Crippen LogP contribution in [0.3, 0.4) is 0 Å². The van der Waals surface area contributed by atoms with Gasteiger partial charge in [0.05, 0.1) is 28.4 Å². The Morgan fingerprint density at radius 3 is 1.76 bits per heavy atom. The molecule has 1 aliphatic rings. The fourth-order valence-electron chi connectivity index (χ4n) is 4.19. The van der Waals surface area contributed by atoms with Crippen LogP contribution in [0.15, 0.2) is 109 Å². The molecule has 1 N–H and O–H groups in total. The number of anilines is 2. The summed E-state index contributed by atoms with van der Waals surface area (Å²) in [7, 11) is 0. The largest absolute Gasteiger partial charge is 0.324 e. The van der Waals surface area contributed by atoms with Gasteiger partial charge in [0, 0.05) is 0 Å². The Morgan fingerprint density at radius 2 is 1.18 bits per heavy atom. The molecule has 5 heteroatoms. The number of nitrogens with zero attached hydrogens (tertiary/aromatic N) is 1. The van der Waals surface area contributed by atoms with Crippen LogP contribution in [0.4, 0.5) is 11.4 Å². The molecule has 3 amide bonds. The number of para-hydroxylation sites is 1. The molecule has 0 unspecified atom stereocenters. The molecule has 0 saturated carbocycles. The van der Waals surface area contributed by atoms with Gasteiger partial charge < -0.3 is 5.32 Å². The van der Waals surface area contributed by atoms with Crippen molar-refractivity contribution in [1.82, 2.24) is 0 Å². The quantitative estimate of drug-likeness (QED) is 0.438. The van der Waals surface area contributed by atoms with Gasteiger partial charge in [0.25, 0.3) is 11.8 Å². The van der Waals surface area contributed by atoms with Crippen molar-refractivity contribution < 1.29 is 14.4 Å². The van der Waals surface area contributed by atoms with Gasteiger partial charge in [0.2, 0.25) is 5.91 Å². The second kappa shape index (κ2) is 8.55. The Balaban J connectivity index is 1.52. The highest BCUT2D eigenvalue weighted by Gasteiger charge is 2.39. The summed E-state index contributed by atoms with van der Waals surface area (Å²) in [6.07, 6.45) is 0. The first kappa shape index (κ1) is 20.4. The normalized spacial score (nSPS) is 12.7. The van der Waals surface area contributed by atoms with Crippen molar-refractivity contribution >= 4 is 29.1 Å². The van der Waals surface area contributed by atoms with E-state index >= 15 is 0 Å². The van der Waals surface area contributed by atoms with E-state index in [1.807, 2.05) is 66.7 Å². The molecule has 1 aliphatic heterocycles. The van der Waals surface area contributed by atoms with Crippen molar-refractivity contribution in [3.05, 3.63) is 131 Å². The van der Waals surface area contributed by atoms with Gasteiger partial charge in [-0.3, -0.25) is 14.4 Å². The summed E-state index contributed by atoms with van der Waals surface area (Å²) in [5.74, 6) is -1.70. The standard InChI is InChI=1S/C28H20N2O3/c31-26(24(19-11-4-1-5-12-19)20-13-6-2-7-14-20)29-23-18-10-17-22-25(23)28(33)30(27(22)32)21-15-8-3-9-16-21/h1-18,24H,(H,29,31). The van der Waals surface area contributed by atoms with E-state index < -0.39 is 17.7 Å². The minimum atomic E-state index is -0.569. The van der Waals surface area contributed by atoms with Crippen molar-refractivity contribution in [3.8, 4) is 0 Å². The minimum absolute atomic E-state index is 0.208. The molecule has 0 aromatic heterocycles. The molecule has 0 fully saturated rings. The van der Waals surface area contributed by atoms with Gasteiger partial charge in [-0.1, -0.05) is 84.9 Å². The molecule has 0 aliphatic carbocycles. The van der Waals surface area contributed by atoms with E-state index in [2.05, 4.69) is 5.32 Å². The zero-order valence-corrected chi connectivity index (χ0v) is 17.6. The van der Waals surface area contributed by atoms with Gasteiger partial charge in [-0.15, -0.1) is 0 Å². The molecule has 5 rings (SSSR count). The van der Waals surface area contributed by atoms with E-state index in [4.69, 9.17) is 0 Å². The lowest BCUT2D eigenvalue weighted by molar-refractivity contribution is -0.116. The number of rotatable bonds is 5. The number of imide groups is 1. The third-order valence-electron chi connectivity index (χ3n) is 5.72. The van der Waals surface area contributed by atoms with Crippen LogP contribution in [0.5, 0.6) is 0 Å². The number of nitrogens with one attached hydrogen (secondary N) is 1. The van der Waals surface area contributed by atoms with Crippen molar-refractivity contribution in [1.29, 1.82) is 0 Å². The molecule has 4 aromatic carbocycles. The van der Waals surface area contributed by atoms with Crippen molar-refractivity contribution in [2.75, 3.05) is 10.2 Å². The molecule has 0 saturated heterocycles. The summed E-state index contributed by atoms with van der Waals surface area (Å²) in [5.41, 5.74) is 2.97. The number of hydrogen-bond acceptors (Lipinski definition) is 3. The predicted octanol–water partition coefficient (Wildman–Crippen LogP) is 5.26. The Bertz CT molecular complexity index is 1300. The smallest absolute Gasteiger partial charge is 0.268 e. The van der Waals surface area contributed by atoms with Gasteiger partial charge in [-0.25, -0.2) is 4.90 Å². The number of hydrogen-bond donors (Lipinski definition) is 1. The monoisotopic (exact) mass is 432 g/mol. The lowest BCUT2D eigenvalue weighted by atomic mass is 9.90. The maximum Gasteiger partial charge on any atom is 0.268 e. The molecule has 0 bridgehead atoms. The fourth-order valence-corrected chi connectivity index (χ4v) is 4.19. The highest BCUT2D eigenvalue weighted by Crippen LogP contribution is 2.34. The Kier molecular flexibility index (Phi) is 5.29. The number of carbonyl (C=O) groups is 3. The highest BCUT2D eigenvalue weighted by molar-refractivity contribution is 6.36. The van der Waals surface area contributed by atoms with Crippen LogP contribution in [0.25, 0.3) is 0 Å². The summed E-state index contributed by atoms with van der Waals surface area (Å²) >= 11 is 0. The number of fused-ring (bicyclic) bond motifs is 1. The van der Waals surface area contributed by atoms with Gasteiger partial charge in [0.15, 0.2) is 0 Å². The molecule has 4 aromatic rings. The van der Waals surface area contributed by atoms with Gasteiger partial charge in [-0.2, -0.15) is 0 Å². The predicted molar refractivity (Wildman–Crippen MR) is 127 cm³/mol. The van der Waals surface area contributed by atoms with Crippen LogP contribution in [0, 0.1) is 0 Å². The fraction of sp³-hybridized carbons (Fsp3) is 0.0357. The number of carbonyl (C=O) groups excluding carboxylic acids is 3. The number of benzene rings is 4. The van der Waals surface area contributed by atoms with Gasteiger partial charge in [-0.05, 0) is 35.4 Å². The van der Waals surface area contributed by atoms with Crippen LogP contribution < -0.4 is 10.2 Å². The van der Waals surface area contributed by atoms with E-state index in [9.17, 15) is 14.4 Å². The van der Waals surface area contributed by atoms with Crippen molar-refractivity contribution in [2.24, 2.45) is 0 Å². The van der Waals surface area contributed by atoms with Crippen LogP contribution in [0.2, 0.25) is 0 Å². The lowest BCUT2D eigenvalue weighted by Crippen LogP contribution is -2.29. The van der Waals surface area contributed by atoms with Crippen LogP contribution in [-0.4, -0.2) is 17.7 Å². The molecule has 0 radical (unpaired) electrons. The first-order valence-corrected chi connectivity index (χ1v) is 10.6. The van der Waals surface area contributed by atoms with E-state index in [0.717, 1.165) is 16.0 Å². The second-order valence-corrected chi connectivity index (χ2v) is 7.75. The molecular weight excluding hydrogens is 412 g/mol. The molecule has 160 valence electrons. The third kappa shape index (κ3) is 3.70. The Labute approximate surface area is 191 Å². The zero-order valence-electron chi connectivity index (χ0n) is 17.6. The summed E-state index contributed by atoms with van der Waals surface area (Å²) in [6, 6.07) is 32.7. The van der Waals surface area contributed by atoms with Crippen molar-refractivity contribution in [2.45, 2.75) is 5.92 Å². The van der Waals surface area contributed by atoms with Gasteiger partial charge in [0.1, 0.15) is 0 Å². The average Bonchev–Trinajstić information content (AvgIpc) is 3.12. The van der Waals surface area contributed by atoms with Crippen LogP contribution in [-0.2, 0) is 4.79 Å². The maximum atomic E-state index is 13.5. The molecule has 0 spiro atoms. The average molecular weight is 432 g/mol. The lowest BCUT2D eigenvalue weighted by Gasteiger charge is -2.19. The van der Waals surface area contributed by atoms with E-state index in [0.29, 0.717) is 11.4 Å². The second-order valence-electron chi connectivity index (χ2n) is 7.75. The molecule has 33 heavy (non-hydrogen) atoms. The summed E-state index contributed by atoms with van der Waals surface area (Å²) in [6.45, 7) is 0. The molecule has 5 nitrogen and oxygen atoms in total. The molecule has 0 atom stereocenters. The Hall–Kier alpha value is -4.51. The highest BCUT2D eigenvalue weighted by atomic mass is 16.2. The Morgan fingerprint density at radius 1 is 0.636 bits per heavy atom. The molecular formula is C28H20N2O3. The van der Waals surface area contributed by atoms with Crippen LogP contribution in [0.1, 0.15) is 37.8 Å². The first-order chi connectivity index (χ1) is 16.1. The summed E-state index contributed by atoms with van der Waals surface area (Å²) in [4.78, 5) is 41.0. The molecule has 1 heterocycles. The summed E-state index contributed by atoms with van der Waals surface area (Å²) in [5, 5.41) is 2.92. The third-order valence-corrected chi connectivity index (χ3v) is 5.72. The topological polar surface area (TPSA) is 66.5 Å². The van der Waals surface area contributed by atoms with E-state index in [1.165, 1.54) is 0 Å². The van der Waals surface area contributed by atoms with Gasteiger partial charge >= 0.3 is 0 Å². The first-order valence-electron chi connectivity index (χ1n) is 10.6. The maximum absolute atomic E-state index is 13.5. The minimum Gasteiger partial charge on any atom is -0.324 e.